The fraction of sp³-hybridized carbons (Fsp3) is 0.750. The Morgan fingerprint density at radius 3 is 2.40 bits per heavy atom. The maximum absolute atomic E-state index is 12.3. The minimum Gasteiger partial charge on any atom is -0.394 e. The van der Waals surface area contributed by atoms with Crippen molar-refractivity contribution in [2.24, 2.45) is 22.9 Å². The first kappa shape index (κ1) is 32.6. The fourth-order valence-electron chi connectivity index (χ4n) is 5.53. The van der Waals surface area contributed by atoms with E-state index in [-0.39, 0.29) is 29.6 Å². The molecule has 3 fully saturated rings. The Balaban J connectivity index is 1.26. The summed E-state index contributed by atoms with van der Waals surface area (Å²) in [4.78, 5) is 22.1. The largest absolute Gasteiger partial charge is 0.394 e. The molecular weight excluding hydrogens is 594 g/mol. The van der Waals surface area contributed by atoms with E-state index in [2.05, 4.69) is 15.0 Å². The van der Waals surface area contributed by atoms with Gasteiger partial charge in [0.1, 0.15) is 60.4 Å². The molecular formula is C24H39N7O11S. The molecule has 1 aliphatic carbocycles. The van der Waals surface area contributed by atoms with E-state index in [1.807, 2.05) is 0 Å². The first-order valence-corrected chi connectivity index (χ1v) is 14.8. The third-order valence-corrected chi connectivity index (χ3v) is 8.68. The predicted octanol–water partition coefficient (Wildman–Crippen LogP) is -5.31. The molecule has 15 N–H and O–H groups in total. The average Bonchev–Trinajstić information content (AvgIpc) is 3.58. The highest BCUT2D eigenvalue weighted by Gasteiger charge is 2.53. The van der Waals surface area contributed by atoms with Gasteiger partial charge in [-0.15, -0.1) is 0 Å². The molecule has 2 saturated heterocycles. The lowest BCUT2D eigenvalue weighted by Crippen LogP contribution is -2.64. The fourth-order valence-corrected chi connectivity index (χ4v) is 6.18. The van der Waals surface area contributed by atoms with E-state index in [4.69, 9.17) is 46.6 Å². The monoisotopic (exact) mass is 633 g/mol. The third kappa shape index (κ3) is 6.61. The Labute approximate surface area is 248 Å². The van der Waals surface area contributed by atoms with Gasteiger partial charge in [0.2, 0.25) is 0 Å². The highest BCUT2D eigenvalue weighted by molar-refractivity contribution is 7.99. The lowest BCUT2D eigenvalue weighted by molar-refractivity contribution is -0.280. The van der Waals surface area contributed by atoms with Gasteiger partial charge in [0.25, 0.3) is 5.56 Å². The third-order valence-electron chi connectivity index (χ3n) is 7.96. The van der Waals surface area contributed by atoms with Gasteiger partial charge < -0.3 is 82.1 Å². The lowest BCUT2D eigenvalue weighted by atomic mass is 9.84. The standard InChI is InChI=1S/C24H39N7O11S/c25-4-10-14(34)15(35)12(28)22(39-10)41-18-11(5-32)40-23(16(18)36)42-19-13(33)8(26)3-9(27)17(19)38-6-43-24-30-20-7(1-2-29-20)21(37)31-24/h1-2,8-19,22-23,32-36H,3-6,25-28H2,(H2,29,30,31,37)/t8-,9+,10-,11-,12+,13+,14+,15+,16-,17-,18-,19-,22+,23+/m1/s1. The highest BCUT2D eigenvalue weighted by atomic mass is 32.2. The van der Waals surface area contributed by atoms with Gasteiger partial charge in [0.15, 0.2) is 17.7 Å². The van der Waals surface area contributed by atoms with Crippen molar-refractivity contribution in [1.82, 2.24) is 15.0 Å². The van der Waals surface area contributed by atoms with Crippen LogP contribution in [-0.2, 0) is 23.7 Å². The van der Waals surface area contributed by atoms with Crippen LogP contribution in [0.3, 0.4) is 0 Å². The molecule has 3 aliphatic rings. The first-order valence-electron chi connectivity index (χ1n) is 13.8. The maximum atomic E-state index is 12.3. The Morgan fingerprint density at radius 2 is 1.67 bits per heavy atom. The number of aromatic nitrogens is 3. The van der Waals surface area contributed by atoms with Gasteiger partial charge in [-0.3, -0.25) is 4.79 Å². The number of aromatic amines is 2. The highest BCUT2D eigenvalue weighted by Crippen LogP contribution is 2.33. The molecule has 4 heterocycles. The molecule has 0 bridgehead atoms. The van der Waals surface area contributed by atoms with Gasteiger partial charge in [-0.05, 0) is 12.5 Å². The second-order valence-electron chi connectivity index (χ2n) is 10.8. The summed E-state index contributed by atoms with van der Waals surface area (Å²) in [5.74, 6) is -0.0399. The Bertz CT molecular complexity index is 1270. The molecule has 0 amide bonds. The maximum Gasteiger partial charge on any atom is 0.261 e. The molecule has 0 aromatic carbocycles. The molecule has 43 heavy (non-hydrogen) atoms. The number of nitrogens with zero attached hydrogens (tertiary/aromatic N) is 1. The van der Waals surface area contributed by atoms with Gasteiger partial charge >= 0.3 is 0 Å². The molecule has 0 radical (unpaired) electrons. The number of fused-ring (bicyclic) bond motifs is 1. The first-order chi connectivity index (χ1) is 20.5. The summed E-state index contributed by atoms with van der Waals surface area (Å²) in [7, 11) is 0. The molecule has 19 heteroatoms. The van der Waals surface area contributed by atoms with Gasteiger partial charge in [-0.2, -0.15) is 0 Å². The van der Waals surface area contributed by atoms with Crippen LogP contribution in [0.15, 0.2) is 22.2 Å². The number of ether oxygens (including phenoxy) is 5. The zero-order valence-electron chi connectivity index (χ0n) is 22.9. The Kier molecular flexibility index (Phi) is 10.4. The van der Waals surface area contributed by atoms with E-state index in [0.29, 0.717) is 11.0 Å². The number of hydrogen-bond donors (Lipinski definition) is 11. The summed E-state index contributed by atoms with van der Waals surface area (Å²) < 4.78 is 29.1. The SMILES string of the molecule is NC[C@H]1O[C@@H](O[C@H]2[C@@H](O)[C@H](O[C@@H]3[C@@H](O)[C@H](N)C[C@H](N)[C@H]3OCSc3nc4[nH]ccc4c(=O)[nH]3)O[C@@H]2CO)[C@@H](N)[C@H](O)[C@H]1O. The van der Waals surface area contributed by atoms with Crippen LogP contribution in [0, 0.1) is 0 Å². The summed E-state index contributed by atoms with van der Waals surface area (Å²) in [6.07, 6.45) is -12.0. The molecule has 242 valence electrons. The van der Waals surface area contributed by atoms with Gasteiger partial charge in [0.05, 0.1) is 24.1 Å². The number of thioether (sulfide) groups is 1. The molecule has 2 aromatic rings. The van der Waals surface area contributed by atoms with Crippen molar-refractivity contribution >= 4 is 22.8 Å². The van der Waals surface area contributed by atoms with E-state index in [1.54, 1.807) is 12.3 Å². The molecule has 2 aromatic heterocycles. The summed E-state index contributed by atoms with van der Waals surface area (Å²) in [5.41, 5.74) is 24.1. The van der Waals surface area contributed by atoms with Crippen molar-refractivity contribution in [2.75, 3.05) is 19.1 Å². The summed E-state index contributed by atoms with van der Waals surface area (Å²) in [6.45, 7) is -0.746. The van der Waals surface area contributed by atoms with Crippen molar-refractivity contribution in [2.45, 2.75) is 97.2 Å². The molecule has 2 aliphatic heterocycles. The predicted molar refractivity (Wildman–Crippen MR) is 148 cm³/mol. The van der Waals surface area contributed by atoms with E-state index >= 15 is 0 Å². The van der Waals surface area contributed by atoms with E-state index < -0.39 is 92.2 Å². The minimum absolute atomic E-state index is 0.0399. The minimum atomic E-state index is -1.54. The number of nitrogens with one attached hydrogen (secondary N) is 2. The van der Waals surface area contributed by atoms with Crippen LogP contribution in [0.2, 0.25) is 0 Å². The van der Waals surface area contributed by atoms with Crippen LogP contribution < -0.4 is 28.5 Å². The quantitative estimate of drug-likeness (QED) is 0.0661. The second kappa shape index (κ2) is 13.7. The Morgan fingerprint density at radius 1 is 0.953 bits per heavy atom. The van der Waals surface area contributed by atoms with Gasteiger partial charge in [-0.25, -0.2) is 4.98 Å². The zero-order chi connectivity index (χ0) is 31.0. The smallest absolute Gasteiger partial charge is 0.261 e. The van der Waals surface area contributed by atoms with Crippen LogP contribution in [0.5, 0.6) is 0 Å². The van der Waals surface area contributed by atoms with Crippen molar-refractivity contribution in [3.05, 3.63) is 22.6 Å². The van der Waals surface area contributed by atoms with Gasteiger partial charge in [0, 0.05) is 24.8 Å². The molecule has 0 spiro atoms. The molecule has 14 atom stereocenters. The van der Waals surface area contributed by atoms with Crippen LogP contribution in [0.4, 0.5) is 0 Å². The average molecular weight is 634 g/mol. The van der Waals surface area contributed by atoms with Crippen LogP contribution in [-0.4, -0.2) is 145 Å². The summed E-state index contributed by atoms with van der Waals surface area (Å²) >= 11 is 1.08. The Hall–Kier alpha value is -1.79. The molecule has 18 nitrogen and oxygen atoms in total. The van der Waals surface area contributed by atoms with E-state index in [9.17, 15) is 30.3 Å². The van der Waals surface area contributed by atoms with Crippen molar-refractivity contribution in [3.8, 4) is 0 Å². The van der Waals surface area contributed by atoms with Crippen molar-refractivity contribution in [1.29, 1.82) is 0 Å². The number of nitrogens with two attached hydrogens (primary N) is 4. The zero-order valence-corrected chi connectivity index (χ0v) is 23.7. The number of aliphatic hydroxyl groups is 5. The number of rotatable bonds is 10. The van der Waals surface area contributed by atoms with Crippen LogP contribution in [0.1, 0.15) is 6.42 Å². The number of hydrogen-bond acceptors (Lipinski definition) is 17. The summed E-state index contributed by atoms with van der Waals surface area (Å²) in [6, 6.07) is -1.07. The van der Waals surface area contributed by atoms with E-state index in [0.717, 1.165) is 11.8 Å². The normalized spacial score (nSPS) is 42.1. The second-order valence-corrected chi connectivity index (χ2v) is 11.7. The van der Waals surface area contributed by atoms with Crippen molar-refractivity contribution < 1.29 is 49.2 Å². The van der Waals surface area contributed by atoms with Gasteiger partial charge in [-0.1, -0.05) is 11.8 Å². The van der Waals surface area contributed by atoms with Crippen LogP contribution >= 0.6 is 11.8 Å². The number of H-pyrrole nitrogens is 2. The van der Waals surface area contributed by atoms with Crippen molar-refractivity contribution in [3.63, 3.8) is 0 Å². The summed E-state index contributed by atoms with van der Waals surface area (Å²) in [5, 5.41) is 53.1. The van der Waals surface area contributed by atoms with E-state index in [1.165, 1.54) is 0 Å². The molecule has 5 rings (SSSR count). The topological polar surface area (TPSA) is 313 Å². The molecule has 1 saturated carbocycles. The molecule has 0 unspecified atom stereocenters. The lowest BCUT2D eigenvalue weighted by Gasteiger charge is -2.43. The number of aliphatic hydroxyl groups excluding tert-OH is 5. The van der Waals surface area contributed by atoms with Crippen LogP contribution in [0.25, 0.3) is 11.0 Å².